The lowest BCUT2D eigenvalue weighted by atomic mass is 9.75. The van der Waals surface area contributed by atoms with Crippen LogP contribution in [0.15, 0.2) is 27.4 Å². The number of carbonyl (C=O) groups is 2. The van der Waals surface area contributed by atoms with Crippen LogP contribution in [0.3, 0.4) is 0 Å². The fourth-order valence-corrected chi connectivity index (χ4v) is 3.23. The molecule has 0 unspecified atom stereocenters. The minimum Gasteiger partial charge on any atom is -0.464 e. The predicted molar refractivity (Wildman–Crippen MR) is 92.8 cm³/mol. The number of H-pyrrole nitrogens is 1. The van der Waals surface area contributed by atoms with Crippen molar-refractivity contribution < 1.29 is 14.0 Å². The molecule has 0 saturated heterocycles. The average molecular weight is 342 g/mol. The second-order valence-electron chi connectivity index (χ2n) is 7.49. The van der Waals surface area contributed by atoms with Gasteiger partial charge in [0, 0.05) is 17.7 Å². The Morgan fingerprint density at radius 1 is 1.28 bits per heavy atom. The quantitative estimate of drug-likeness (QED) is 0.897. The monoisotopic (exact) mass is 342 g/mol. The molecular formula is C19H22N2O4. The first-order chi connectivity index (χ1) is 11.7. The molecule has 1 atom stereocenters. The molecule has 2 aromatic heterocycles. The van der Waals surface area contributed by atoms with Crippen molar-refractivity contribution in [1.29, 1.82) is 0 Å². The van der Waals surface area contributed by atoms with Crippen LogP contribution in [0, 0.1) is 12.3 Å². The molecule has 1 amide bonds. The fraction of sp³-hybridized carbons (Fsp3) is 0.421. The van der Waals surface area contributed by atoms with Crippen LogP contribution in [0.25, 0.3) is 0 Å². The zero-order chi connectivity index (χ0) is 18.4. The van der Waals surface area contributed by atoms with Crippen molar-refractivity contribution in [3.8, 4) is 0 Å². The van der Waals surface area contributed by atoms with Gasteiger partial charge in [0.1, 0.15) is 17.1 Å². The van der Waals surface area contributed by atoms with Crippen LogP contribution in [-0.4, -0.2) is 16.7 Å². The molecule has 0 spiro atoms. The Balaban J connectivity index is 1.88. The van der Waals surface area contributed by atoms with Crippen molar-refractivity contribution in [2.45, 2.75) is 46.6 Å². The molecule has 0 aromatic carbocycles. The van der Waals surface area contributed by atoms with Crippen molar-refractivity contribution in [3.63, 3.8) is 0 Å². The van der Waals surface area contributed by atoms with Gasteiger partial charge in [0.2, 0.25) is 0 Å². The summed E-state index contributed by atoms with van der Waals surface area (Å²) >= 11 is 0. The second kappa shape index (κ2) is 6.02. The van der Waals surface area contributed by atoms with E-state index in [1.807, 2.05) is 26.8 Å². The molecule has 2 heterocycles. The van der Waals surface area contributed by atoms with E-state index in [0.717, 1.165) is 5.76 Å². The van der Waals surface area contributed by atoms with Gasteiger partial charge in [-0.3, -0.25) is 14.4 Å². The molecule has 2 aromatic rings. The van der Waals surface area contributed by atoms with Gasteiger partial charge >= 0.3 is 0 Å². The van der Waals surface area contributed by atoms with E-state index in [1.165, 1.54) is 6.07 Å². The summed E-state index contributed by atoms with van der Waals surface area (Å²) < 4.78 is 5.49. The predicted octanol–water partition coefficient (Wildman–Crippen LogP) is 2.92. The smallest absolute Gasteiger partial charge is 0.261 e. The molecule has 6 nitrogen and oxygen atoms in total. The summed E-state index contributed by atoms with van der Waals surface area (Å²) in [6, 6.07) is 4.63. The highest BCUT2D eigenvalue weighted by Crippen LogP contribution is 2.33. The van der Waals surface area contributed by atoms with Gasteiger partial charge in [-0.05, 0) is 43.9 Å². The van der Waals surface area contributed by atoms with E-state index in [9.17, 15) is 14.4 Å². The molecule has 1 aliphatic carbocycles. The van der Waals surface area contributed by atoms with E-state index in [0.29, 0.717) is 29.9 Å². The number of amides is 1. The van der Waals surface area contributed by atoms with Crippen LogP contribution < -0.4 is 10.9 Å². The SMILES string of the molecule is Cc1ccc([C@@H](C)NC(=O)c2cc3c([nH]c2=O)CC(C)(C)CC3=O)o1. The first-order valence-electron chi connectivity index (χ1n) is 8.33. The minimum absolute atomic E-state index is 0.0498. The Hall–Kier alpha value is -2.63. The summed E-state index contributed by atoms with van der Waals surface area (Å²) in [4.78, 5) is 39.9. The molecule has 0 fully saturated rings. The zero-order valence-electron chi connectivity index (χ0n) is 14.9. The third kappa shape index (κ3) is 3.43. The van der Waals surface area contributed by atoms with Crippen molar-refractivity contribution >= 4 is 11.7 Å². The summed E-state index contributed by atoms with van der Waals surface area (Å²) in [5.41, 5.74) is 0.317. The number of pyridine rings is 1. The van der Waals surface area contributed by atoms with Gasteiger partial charge in [-0.1, -0.05) is 13.8 Å². The average Bonchev–Trinajstić information content (AvgIpc) is 2.91. The number of hydrogen-bond acceptors (Lipinski definition) is 4. The zero-order valence-corrected chi connectivity index (χ0v) is 14.9. The lowest BCUT2D eigenvalue weighted by Gasteiger charge is -2.29. The standard InChI is InChI=1S/C19H22N2O4/c1-10-5-6-16(25-10)11(2)20-17(23)13-7-12-14(21-18(13)24)8-19(3,4)9-15(12)22/h5-7,11H,8-9H2,1-4H3,(H,20,23)(H,21,24)/t11-/m1/s1. The molecule has 25 heavy (non-hydrogen) atoms. The number of hydrogen-bond donors (Lipinski definition) is 2. The molecule has 0 radical (unpaired) electrons. The van der Waals surface area contributed by atoms with Crippen LogP contribution in [0.2, 0.25) is 0 Å². The molecular weight excluding hydrogens is 320 g/mol. The summed E-state index contributed by atoms with van der Waals surface area (Å²) in [7, 11) is 0. The number of aromatic nitrogens is 1. The molecule has 0 aliphatic heterocycles. The number of rotatable bonds is 3. The Morgan fingerprint density at radius 3 is 2.64 bits per heavy atom. The van der Waals surface area contributed by atoms with Crippen LogP contribution in [0.5, 0.6) is 0 Å². The van der Waals surface area contributed by atoms with Gasteiger partial charge in [0.15, 0.2) is 5.78 Å². The van der Waals surface area contributed by atoms with Crippen LogP contribution >= 0.6 is 0 Å². The van der Waals surface area contributed by atoms with Crippen LogP contribution in [0.4, 0.5) is 0 Å². The Morgan fingerprint density at radius 2 is 2.00 bits per heavy atom. The van der Waals surface area contributed by atoms with E-state index in [4.69, 9.17) is 4.42 Å². The molecule has 0 saturated carbocycles. The minimum atomic E-state index is -0.525. The molecule has 6 heteroatoms. The number of ketones is 1. The number of furan rings is 1. The van der Waals surface area contributed by atoms with Gasteiger partial charge < -0.3 is 14.7 Å². The largest absolute Gasteiger partial charge is 0.464 e. The van der Waals surface area contributed by atoms with E-state index in [-0.39, 0.29) is 22.8 Å². The maximum Gasteiger partial charge on any atom is 0.261 e. The highest BCUT2D eigenvalue weighted by Gasteiger charge is 2.32. The van der Waals surface area contributed by atoms with Crippen molar-refractivity contribution in [1.82, 2.24) is 10.3 Å². The van der Waals surface area contributed by atoms with Gasteiger partial charge in [-0.15, -0.1) is 0 Å². The van der Waals surface area contributed by atoms with E-state index in [2.05, 4.69) is 10.3 Å². The molecule has 1 aliphatic rings. The number of fused-ring (bicyclic) bond motifs is 1. The summed E-state index contributed by atoms with van der Waals surface area (Å²) in [5, 5.41) is 2.74. The Bertz CT molecular complexity index is 904. The Kier molecular flexibility index (Phi) is 4.14. The van der Waals surface area contributed by atoms with Crippen molar-refractivity contribution in [3.05, 3.63) is 56.9 Å². The lowest BCUT2D eigenvalue weighted by Crippen LogP contribution is -2.35. The molecule has 3 rings (SSSR count). The molecule has 132 valence electrons. The number of carbonyl (C=O) groups excluding carboxylic acids is 2. The Labute approximate surface area is 145 Å². The summed E-state index contributed by atoms with van der Waals surface area (Å²) in [6.45, 7) is 7.56. The van der Waals surface area contributed by atoms with Crippen molar-refractivity contribution in [2.24, 2.45) is 5.41 Å². The molecule has 2 N–H and O–H groups in total. The van der Waals surface area contributed by atoms with Gasteiger partial charge in [0.05, 0.1) is 6.04 Å². The van der Waals surface area contributed by atoms with E-state index in [1.54, 1.807) is 13.0 Å². The number of Topliss-reactive ketones (excluding diaryl/α,β-unsaturated/α-hetero) is 1. The van der Waals surface area contributed by atoms with E-state index >= 15 is 0 Å². The number of nitrogens with one attached hydrogen (secondary N) is 2. The van der Waals surface area contributed by atoms with Crippen LogP contribution in [0.1, 0.15) is 71.2 Å². The van der Waals surface area contributed by atoms with Crippen molar-refractivity contribution in [2.75, 3.05) is 0 Å². The fourth-order valence-electron chi connectivity index (χ4n) is 3.23. The third-order valence-corrected chi connectivity index (χ3v) is 4.50. The van der Waals surface area contributed by atoms with Gasteiger partial charge in [0.25, 0.3) is 11.5 Å². The van der Waals surface area contributed by atoms with Gasteiger partial charge in [-0.25, -0.2) is 0 Å². The number of aromatic amines is 1. The maximum absolute atomic E-state index is 12.5. The first kappa shape index (κ1) is 17.2. The maximum atomic E-state index is 12.5. The lowest BCUT2D eigenvalue weighted by molar-refractivity contribution is 0.0910. The number of aryl methyl sites for hydroxylation is 1. The third-order valence-electron chi connectivity index (χ3n) is 4.50. The molecule has 0 bridgehead atoms. The first-order valence-corrected chi connectivity index (χ1v) is 8.33. The normalized spacial score (nSPS) is 17.0. The highest BCUT2D eigenvalue weighted by molar-refractivity contribution is 6.02. The van der Waals surface area contributed by atoms with Gasteiger partial charge in [-0.2, -0.15) is 0 Å². The highest BCUT2D eigenvalue weighted by atomic mass is 16.3. The van der Waals surface area contributed by atoms with Crippen LogP contribution in [-0.2, 0) is 6.42 Å². The summed E-state index contributed by atoms with van der Waals surface area (Å²) in [5.74, 6) is 0.781. The second-order valence-corrected chi connectivity index (χ2v) is 7.49. The summed E-state index contributed by atoms with van der Waals surface area (Å²) in [6.07, 6.45) is 1.00. The van der Waals surface area contributed by atoms with E-state index < -0.39 is 11.5 Å². The topological polar surface area (TPSA) is 92.2 Å².